The zero-order valence-electron chi connectivity index (χ0n) is 18.3. The van der Waals surface area contributed by atoms with E-state index in [0.29, 0.717) is 0 Å². The Hall–Kier alpha value is -4.27. The van der Waals surface area contributed by atoms with Gasteiger partial charge in [-0.2, -0.15) is 0 Å². The molecule has 0 fully saturated rings. The number of ether oxygens (including phenoxy) is 1. The monoisotopic (exact) mass is 484 g/mol. The van der Waals surface area contributed by atoms with Crippen molar-refractivity contribution in [2.75, 3.05) is 26.9 Å². The molecule has 0 unspecified atom stereocenters. The van der Waals surface area contributed by atoms with Gasteiger partial charge in [-0.15, -0.1) is 20.2 Å². The van der Waals surface area contributed by atoms with Crippen LogP contribution in [0.2, 0.25) is 0 Å². The Morgan fingerprint density at radius 2 is 1.56 bits per heavy atom. The maximum absolute atomic E-state index is 10.9. The van der Waals surface area contributed by atoms with Crippen LogP contribution in [-0.4, -0.2) is 58.6 Å². The van der Waals surface area contributed by atoms with Crippen LogP contribution in [0.5, 0.6) is 5.75 Å². The number of carboxylic acid groups (broad SMARTS) is 1. The van der Waals surface area contributed by atoms with Crippen molar-refractivity contribution in [2.45, 2.75) is 24.8 Å². The first-order chi connectivity index (χ1) is 15.9. The SMILES string of the molecule is COc1ccc2cc([C@H](C)C(=O)O)ccc2c1.NC(CC[N+](=O)[O-])(CO[N+](=O)[O-])CO[N+](=O)[O-]. The van der Waals surface area contributed by atoms with Crippen LogP contribution < -0.4 is 10.5 Å². The van der Waals surface area contributed by atoms with E-state index in [1.54, 1.807) is 14.0 Å². The number of aliphatic carboxylic acids is 1. The second-order valence-corrected chi connectivity index (χ2v) is 7.20. The van der Waals surface area contributed by atoms with Crippen molar-refractivity contribution in [3.8, 4) is 5.75 Å². The Bertz CT molecular complexity index is 985. The molecule has 3 N–H and O–H groups in total. The summed E-state index contributed by atoms with van der Waals surface area (Å²) in [7, 11) is 1.63. The minimum Gasteiger partial charge on any atom is -0.497 e. The fourth-order valence-electron chi connectivity index (χ4n) is 2.64. The molecule has 0 heterocycles. The number of hydrogen-bond donors (Lipinski definition) is 2. The molecule has 34 heavy (non-hydrogen) atoms. The fraction of sp³-hybridized carbons (Fsp3) is 0.421. The third-order valence-corrected chi connectivity index (χ3v) is 4.65. The quantitative estimate of drug-likeness (QED) is 0.325. The molecule has 0 saturated carbocycles. The number of fused-ring (bicyclic) bond motifs is 1. The number of nitrogens with two attached hydrogens (primary N) is 1. The van der Waals surface area contributed by atoms with Crippen molar-refractivity contribution in [3.05, 3.63) is 72.3 Å². The van der Waals surface area contributed by atoms with Gasteiger partial charge in [0.2, 0.25) is 6.54 Å². The van der Waals surface area contributed by atoms with Crippen LogP contribution in [0.15, 0.2) is 36.4 Å². The summed E-state index contributed by atoms with van der Waals surface area (Å²) < 4.78 is 5.14. The highest BCUT2D eigenvalue weighted by Crippen LogP contribution is 2.25. The maximum Gasteiger partial charge on any atom is 0.310 e. The Kier molecular flexibility index (Phi) is 10.4. The van der Waals surface area contributed by atoms with Gasteiger partial charge in [0.05, 0.1) is 18.6 Å². The molecule has 0 spiro atoms. The zero-order valence-corrected chi connectivity index (χ0v) is 18.3. The van der Waals surface area contributed by atoms with Gasteiger partial charge in [-0.1, -0.05) is 24.3 Å². The summed E-state index contributed by atoms with van der Waals surface area (Å²) in [6, 6.07) is 11.4. The average Bonchev–Trinajstić information content (AvgIpc) is 2.79. The van der Waals surface area contributed by atoms with Crippen molar-refractivity contribution in [1.29, 1.82) is 0 Å². The van der Waals surface area contributed by atoms with Crippen molar-refractivity contribution in [2.24, 2.45) is 5.73 Å². The number of hydrogen-bond acceptors (Lipinski definition) is 11. The molecule has 2 aromatic carbocycles. The lowest BCUT2D eigenvalue weighted by Gasteiger charge is -2.25. The normalized spacial score (nSPS) is 11.5. The van der Waals surface area contributed by atoms with Crippen molar-refractivity contribution >= 4 is 16.7 Å². The van der Waals surface area contributed by atoms with Gasteiger partial charge < -0.3 is 25.3 Å². The summed E-state index contributed by atoms with van der Waals surface area (Å²) in [5.74, 6) is -0.490. The molecule has 186 valence electrons. The molecular weight excluding hydrogens is 460 g/mol. The lowest BCUT2D eigenvalue weighted by atomic mass is 9.98. The zero-order chi connectivity index (χ0) is 25.9. The van der Waals surface area contributed by atoms with Gasteiger partial charge in [-0.25, -0.2) is 0 Å². The first-order valence-electron chi connectivity index (χ1n) is 9.62. The second kappa shape index (κ2) is 12.7. The van der Waals surface area contributed by atoms with E-state index >= 15 is 0 Å². The van der Waals surface area contributed by atoms with E-state index < -0.39 is 52.3 Å². The minimum atomic E-state index is -1.67. The third-order valence-electron chi connectivity index (χ3n) is 4.65. The molecule has 2 rings (SSSR count). The molecule has 0 saturated heterocycles. The first kappa shape index (κ1) is 27.8. The van der Waals surface area contributed by atoms with E-state index in [9.17, 15) is 35.1 Å². The first-order valence-corrected chi connectivity index (χ1v) is 9.62. The third kappa shape index (κ3) is 9.47. The molecule has 0 bridgehead atoms. The number of benzene rings is 2. The van der Waals surface area contributed by atoms with E-state index in [1.807, 2.05) is 36.4 Å². The summed E-state index contributed by atoms with van der Waals surface area (Å²) in [5.41, 5.74) is 4.62. The molecule has 2 aromatic rings. The fourth-order valence-corrected chi connectivity index (χ4v) is 2.64. The number of carbonyl (C=O) groups is 1. The topological polar surface area (TPSA) is 220 Å². The van der Waals surface area contributed by atoms with Crippen LogP contribution >= 0.6 is 0 Å². The van der Waals surface area contributed by atoms with Crippen LogP contribution in [0.3, 0.4) is 0 Å². The molecule has 1 atom stereocenters. The average molecular weight is 484 g/mol. The second-order valence-electron chi connectivity index (χ2n) is 7.20. The Balaban J connectivity index is 0.000000340. The highest BCUT2D eigenvalue weighted by Gasteiger charge is 2.30. The van der Waals surface area contributed by atoms with Crippen molar-refractivity contribution < 1.29 is 39.4 Å². The molecule has 0 aliphatic rings. The van der Waals surface area contributed by atoms with E-state index in [0.717, 1.165) is 22.1 Å². The van der Waals surface area contributed by atoms with E-state index in [1.165, 1.54) is 0 Å². The molecule has 15 nitrogen and oxygen atoms in total. The largest absolute Gasteiger partial charge is 0.497 e. The van der Waals surface area contributed by atoms with Gasteiger partial charge in [-0.3, -0.25) is 14.9 Å². The predicted octanol–water partition coefficient (Wildman–Crippen LogP) is 1.80. The Morgan fingerprint density at radius 1 is 1.03 bits per heavy atom. The van der Waals surface area contributed by atoms with Crippen LogP contribution in [0.4, 0.5) is 0 Å². The van der Waals surface area contributed by atoms with Gasteiger partial charge in [0.25, 0.3) is 10.2 Å². The summed E-state index contributed by atoms with van der Waals surface area (Å²) in [5, 5.41) is 38.7. The predicted molar refractivity (Wildman–Crippen MR) is 116 cm³/mol. The van der Waals surface area contributed by atoms with Gasteiger partial charge in [-0.05, 0) is 35.4 Å². The molecule has 0 aliphatic carbocycles. The maximum atomic E-state index is 10.9. The summed E-state index contributed by atoms with van der Waals surface area (Å²) in [4.78, 5) is 48.1. The van der Waals surface area contributed by atoms with E-state index in [2.05, 4.69) is 9.68 Å². The van der Waals surface area contributed by atoms with Gasteiger partial charge in [0.1, 0.15) is 19.0 Å². The highest BCUT2D eigenvalue weighted by molar-refractivity contribution is 5.86. The van der Waals surface area contributed by atoms with Gasteiger partial charge >= 0.3 is 5.97 Å². The number of methoxy groups -OCH3 is 1. The molecule has 0 amide bonds. The molecule has 0 aliphatic heterocycles. The summed E-state index contributed by atoms with van der Waals surface area (Å²) in [6.07, 6.45) is -0.359. The minimum absolute atomic E-state index is 0.359. The Labute approximate surface area is 192 Å². The highest BCUT2D eigenvalue weighted by atomic mass is 17.0. The molecular formula is C19H24N4O11. The van der Waals surface area contributed by atoms with E-state index in [4.69, 9.17) is 15.6 Å². The smallest absolute Gasteiger partial charge is 0.310 e. The number of carboxylic acids is 1. The molecule has 0 aromatic heterocycles. The van der Waals surface area contributed by atoms with Crippen molar-refractivity contribution in [3.63, 3.8) is 0 Å². The van der Waals surface area contributed by atoms with Crippen molar-refractivity contribution in [1.82, 2.24) is 0 Å². The lowest BCUT2D eigenvalue weighted by Crippen LogP contribution is -2.51. The molecule has 15 heteroatoms. The van der Waals surface area contributed by atoms with Crippen LogP contribution in [0.25, 0.3) is 10.8 Å². The number of rotatable bonds is 12. The van der Waals surface area contributed by atoms with Gasteiger partial charge in [0, 0.05) is 11.3 Å². The number of nitrogens with zero attached hydrogens (tertiary/aromatic N) is 3. The lowest BCUT2D eigenvalue weighted by molar-refractivity contribution is -0.769. The standard InChI is InChI=1S/C14H14O3.C5H10N4O8/c1-9(14(15)16)10-3-4-12-8-13(17-2)6-5-11(12)7-10;6-5(1-2-7(10)11,3-16-8(12)13)4-17-9(14)15/h3-9H,1-2H3,(H,15,16);1-4,6H2/t9-;/m0./s1. The summed E-state index contributed by atoms with van der Waals surface area (Å²) >= 11 is 0. The van der Waals surface area contributed by atoms with E-state index in [-0.39, 0.29) is 6.42 Å². The Morgan fingerprint density at radius 3 is 2.03 bits per heavy atom. The van der Waals surface area contributed by atoms with Crippen LogP contribution in [-0.2, 0) is 14.5 Å². The van der Waals surface area contributed by atoms with Gasteiger partial charge in [0.15, 0.2) is 0 Å². The van der Waals surface area contributed by atoms with Crippen LogP contribution in [0, 0.1) is 30.3 Å². The number of nitro groups is 1. The summed E-state index contributed by atoms with van der Waals surface area (Å²) in [6.45, 7) is -0.394. The molecule has 0 radical (unpaired) electrons. The van der Waals surface area contributed by atoms with Crippen LogP contribution in [0.1, 0.15) is 24.8 Å².